The first-order chi connectivity index (χ1) is 12.8. The summed E-state index contributed by atoms with van der Waals surface area (Å²) >= 11 is 6.15. The summed E-state index contributed by atoms with van der Waals surface area (Å²) in [4.78, 5) is 23.1. The van der Waals surface area contributed by atoms with E-state index in [2.05, 4.69) is 20.3 Å². The number of nitrogens with one attached hydrogen (secondary N) is 1. The van der Waals surface area contributed by atoms with Gasteiger partial charge in [0.05, 0.1) is 4.92 Å². The molecule has 0 spiro atoms. The van der Waals surface area contributed by atoms with E-state index in [1.54, 1.807) is 24.4 Å². The van der Waals surface area contributed by atoms with Crippen molar-refractivity contribution in [2.45, 2.75) is 20.8 Å². The average Bonchev–Trinajstić information content (AvgIpc) is 2.61. The second-order valence-corrected chi connectivity index (χ2v) is 6.33. The van der Waals surface area contributed by atoms with Crippen LogP contribution in [0.1, 0.15) is 16.7 Å². The number of benzene rings is 1. The van der Waals surface area contributed by atoms with Gasteiger partial charge in [0, 0.05) is 11.2 Å². The summed E-state index contributed by atoms with van der Waals surface area (Å²) in [6, 6.07) is 6.91. The largest absolute Gasteiger partial charge is 0.434 e. The summed E-state index contributed by atoms with van der Waals surface area (Å²) in [5, 5.41) is 15.1. The van der Waals surface area contributed by atoms with Crippen LogP contribution in [0.4, 0.5) is 17.3 Å². The van der Waals surface area contributed by atoms with Gasteiger partial charge in [-0.05, 0) is 55.7 Å². The van der Waals surface area contributed by atoms with Crippen molar-refractivity contribution in [3.8, 4) is 11.6 Å². The number of pyridine rings is 1. The van der Waals surface area contributed by atoms with Crippen LogP contribution < -0.4 is 10.1 Å². The van der Waals surface area contributed by atoms with Crippen molar-refractivity contribution in [3.63, 3.8) is 0 Å². The molecule has 138 valence electrons. The number of halogens is 1. The minimum absolute atomic E-state index is 0.0104. The number of anilines is 2. The molecule has 1 aromatic carbocycles. The number of hydrogen-bond acceptors (Lipinski definition) is 7. The Labute approximate surface area is 160 Å². The van der Waals surface area contributed by atoms with Gasteiger partial charge in [-0.1, -0.05) is 17.7 Å². The number of ether oxygens (including phenoxy) is 1. The molecule has 8 nitrogen and oxygen atoms in total. The smallest absolute Gasteiger partial charge is 0.373 e. The number of nitrogens with zero attached hydrogens (tertiary/aromatic N) is 4. The fraction of sp³-hybridized carbons (Fsp3) is 0.167. The highest BCUT2D eigenvalue weighted by atomic mass is 35.5. The summed E-state index contributed by atoms with van der Waals surface area (Å²) < 4.78 is 5.67. The van der Waals surface area contributed by atoms with Gasteiger partial charge in [0.25, 0.3) is 0 Å². The van der Waals surface area contributed by atoms with Crippen molar-refractivity contribution >= 4 is 28.9 Å². The molecule has 0 saturated carbocycles. The predicted octanol–water partition coefficient (Wildman–Crippen LogP) is 4.89. The molecule has 0 radical (unpaired) electrons. The lowest BCUT2D eigenvalue weighted by molar-refractivity contribution is -0.385. The topological polar surface area (TPSA) is 103 Å². The molecule has 27 heavy (non-hydrogen) atoms. The van der Waals surface area contributed by atoms with Gasteiger partial charge >= 0.3 is 11.6 Å². The number of nitro groups is 1. The van der Waals surface area contributed by atoms with Crippen molar-refractivity contribution in [3.05, 3.63) is 68.6 Å². The molecule has 0 aliphatic carbocycles. The molecular formula is C18H16ClN5O3. The van der Waals surface area contributed by atoms with Crippen LogP contribution in [0.15, 0.2) is 36.8 Å². The standard InChI is InChI=1S/C18H16ClN5O3/c1-10-4-5-14(20-8-10)23-17-16(24(25)26)18(22-9-21-17)27-13-6-11(2)15(19)12(3)7-13/h4-9H,1-3H3,(H,20,21,22,23). The number of aromatic nitrogens is 3. The van der Waals surface area contributed by atoms with E-state index in [-0.39, 0.29) is 17.4 Å². The van der Waals surface area contributed by atoms with Crippen molar-refractivity contribution < 1.29 is 9.66 Å². The van der Waals surface area contributed by atoms with E-state index in [0.717, 1.165) is 16.7 Å². The lowest BCUT2D eigenvalue weighted by Crippen LogP contribution is -2.04. The molecule has 0 fully saturated rings. The van der Waals surface area contributed by atoms with Crippen molar-refractivity contribution in [2.24, 2.45) is 0 Å². The first-order valence-corrected chi connectivity index (χ1v) is 8.36. The summed E-state index contributed by atoms with van der Waals surface area (Å²) in [6.07, 6.45) is 2.83. The van der Waals surface area contributed by atoms with Crippen LogP contribution in [0.2, 0.25) is 5.02 Å². The zero-order valence-corrected chi connectivity index (χ0v) is 15.6. The second-order valence-electron chi connectivity index (χ2n) is 5.95. The van der Waals surface area contributed by atoms with E-state index in [4.69, 9.17) is 16.3 Å². The van der Waals surface area contributed by atoms with Gasteiger partial charge < -0.3 is 10.1 Å². The summed E-state index contributed by atoms with van der Waals surface area (Å²) in [7, 11) is 0. The molecule has 0 saturated heterocycles. The molecule has 0 bridgehead atoms. The van der Waals surface area contributed by atoms with E-state index in [9.17, 15) is 10.1 Å². The van der Waals surface area contributed by atoms with Gasteiger partial charge in [-0.25, -0.2) is 9.97 Å². The van der Waals surface area contributed by atoms with Gasteiger partial charge in [-0.2, -0.15) is 4.98 Å². The van der Waals surface area contributed by atoms with E-state index in [0.29, 0.717) is 16.6 Å². The minimum Gasteiger partial charge on any atom is -0.434 e. The van der Waals surface area contributed by atoms with Crippen LogP contribution in [-0.2, 0) is 0 Å². The normalized spacial score (nSPS) is 10.5. The predicted molar refractivity (Wildman–Crippen MR) is 102 cm³/mol. The highest BCUT2D eigenvalue weighted by molar-refractivity contribution is 6.32. The first-order valence-electron chi connectivity index (χ1n) is 7.99. The molecule has 3 aromatic rings. The van der Waals surface area contributed by atoms with E-state index < -0.39 is 4.92 Å². The van der Waals surface area contributed by atoms with Gasteiger partial charge in [0.2, 0.25) is 5.82 Å². The Balaban J connectivity index is 1.98. The molecule has 2 aromatic heterocycles. The fourth-order valence-electron chi connectivity index (χ4n) is 2.43. The Bertz CT molecular complexity index is 985. The Kier molecular flexibility index (Phi) is 5.18. The lowest BCUT2D eigenvalue weighted by atomic mass is 10.1. The van der Waals surface area contributed by atoms with E-state index >= 15 is 0 Å². The lowest BCUT2D eigenvalue weighted by Gasteiger charge is -2.11. The Morgan fingerprint density at radius 3 is 2.41 bits per heavy atom. The maximum atomic E-state index is 11.6. The minimum atomic E-state index is -0.596. The van der Waals surface area contributed by atoms with Crippen LogP contribution in [0.3, 0.4) is 0 Å². The number of rotatable bonds is 5. The molecule has 0 amide bonds. The third kappa shape index (κ3) is 4.12. The number of aryl methyl sites for hydroxylation is 3. The van der Waals surface area contributed by atoms with Crippen LogP contribution in [0.5, 0.6) is 11.6 Å². The first kappa shape index (κ1) is 18.5. The van der Waals surface area contributed by atoms with Crippen molar-refractivity contribution in [1.82, 2.24) is 15.0 Å². The molecule has 0 aliphatic heterocycles. The molecule has 0 atom stereocenters. The van der Waals surface area contributed by atoms with Gasteiger partial charge in [-0.15, -0.1) is 0 Å². The monoisotopic (exact) mass is 385 g/mol. The third-order valence-electron chi connectivity index (χ3n) is 3.75. The zero-order chi connectivity index (χ0) is 19.6. The highest BCUT2D eigenvalue weighted by Gasteiger charge is 2.25. The average molecular weight is 386 g/mol. The Morgan fingerprint density at radius 1 is 1.11 bits per heavy atom. The number of hydrogen-bond donors (Lipinski definition) is 1. The van der Waals surface area contributed by atoms with Crippen LogP contribution >= 0.6 is 11.6 Å². The molecule has 1 N–H and O–H groups in total. The highest BCUT2D eigenvalue weighted by Crippen LogP contribution is 2.36. The summed E-state index contributed by atoms with van der Waals surface area (Å²) in [5.41, 5.74) is 2.18. The molecule has 9 heteroatoms. The Hall–Kier alpha value is -3.26. The van der Waals surface area contributed by atoms with Gasteiger partial charge in [0.1, 0.15) is 17.9 Å². The molecule has 2 heterocycles. The quantitative estimate of drug-likeness (QED) is 0.492. The maximum Gasteiger partial charge on any atom is 0.373 e. The van der Waals surface area contributed by atoms with E-state index in [1.807, 2.05) is 26.8 Å². The van der Waals surface area contributed by atoms with Gasteiger partial charge in [0.15, 0.2) is 0 Å². The Morgan fingerprint density at radius 2 is 1.81 bits per heavy atom. The van der Waals surface area contributed by atoms with Crippen LogP contribution in [0, 0.1) is 30.9 Å². The third-order valence-corrected chi connectivity index (χ3v) is 4.35. The van der Waals surface area contributed by atoms with E-state index in [1.165, 1.54) is 6.33 Å². The second kappa shape index (κ2) is 7.55. The van der Waals surface area contributed by atoms with Gasteiger partial charge in [-0.3, -0.25) is 10.1 Å². The summed E-state index contributed by atoms with van der Waals surface area (Å²) in [6.45, 7) is 5.55. The van der Waals surface area contributed by atoms with Crippen LogP contribution in [-0.4, -0.2) is 19.9 Å². The van der Waals surface area contributed by atoms with Crippen LogP contribution in [0.25, 0.3) is 0 Å². The molecule has 0 aliphatic rings. The summed E-state index contributed by atoms with van der Waals surface area (Å²) in [5.74, 6) is 0.636. The fourth-order valence-corrected chi connectivity index (χ4v) is 2.54. The molecule has 0 unspecified atom stereocenters. The van der Waals surface area contributed by atoms with Crippen molar-refractivity contribution in [2.75, 3.05) is 5.32 Å². The SMILES string of the molecule is Cc1ccc(Nc2ncnc(Oc3cc(C)c(Cl)c(C)c3)c2[N+](=O)[O-])nc1. The van der Waals surface area contributed by atoms with Crippen molar-refractivity contribution in [1.29, 1.82) is 0 Å². The molecular weight excluding hydrogens is 370 g/mol. The molecule has 3 rings (SSSR count). The maximum absolute atomic E-state index is 11.6. The zero-order valence-electron chi connectivity index (χ0n) is 14.9.